The van der Waals surface area contributed by atoms with Gasteiger partial charge in [-0.05, 0) is 75.2 Å². The number of amides is 1. The number of aliphatic hydroxyl groups excluding tert-OH is 1. The summed E-state index contributed by atoms with van der Waals surface area (Å²) < 4.78 is 11.4. The summed E-state index contributed by atoms with van der Waals surface area (Å²) in [7, 11) is 0. The van der Waals surface area contributed by atoms with E-state index in [1.165, 1.54) is 4.90 Å². The average Bonchev–Trinajstić information content (AvgIpc) is 3.32. The van der Waals surface area contributed by atoms with Crippen molar-refractivity contribution in [1.29, 1.82) is 0 Å². The predicted molar refractivity (Wildman–Crippen MR) is 127 cm³/mol. The minimum Gasteiger partial charge on any atom is -0.507 e. The molecule has 0 spiro atoms. The second-order valence-electron chi connectivity index (χ2n) is 7.98. The standard InChI is InChI=1S/C26H24ClNO5/c1-5-32-17-9-10-19(27)18(13-17)24(29)22-23(21-11-8-16(4)33-21)28(26(31)25(22)30)20-12-14(2)6-7-15(20)3/h6-13,23,29H,5H2,1-4H3/b24-22+. The number of nitrogens with zero attached hydrogens (tertiary/aromatic N) is 1. The van der Waals surface area contributed by atoms with Crippen molar-refractivity contribution in [3.63, 3.8) is 0 Å². The molecule has 170 valence electrons. The van der Waals surface area contributed by atoms with Gasteiger partial charge in [0, 0.05) is 11.3 Å². The van der Waals surface area contributed by atoms with Crippen LogP contribution in [0.3, 0.4) is 0 Å². The van der Waals surface area contributed by atoms with E-state index in [0.29, 0.717) is 29.6 Å². The molecule has 7 heteroatoms. The molecular weight excluding hydrogens is 442 g/mol. The Kier molecular flexibility index (Phi) is 6.04. The monoisotopic (exact) mass is 465 g/mol. The van der Waals surface area contributed by atoms with Crippen LogP contribution < -0.4 is 9.64 Å². The van der Waals surface area contributed by atoms with E-state index in [1.807, 2.05) is 39.0 Å². The first-order chi connectivity index (χ1) is 15.7. The molecule has 1 fully saturated rings. The number of hydrogen-bond donors (Lipinski definition) is 1. The number of furan rings is 1. The molecule has 33 heavy (non-hydrogen) atoms. The Morgan fingerprint density at radius 3 is 2.52 bits per heavy atom. The van der Waals surface area contributed by atoms with Gasteiger partial charge in [-0.2, -0.15) is 0 Å². The second-order valence-corrected chi connectivity index (χ2v) is 8.39. The SMILES string of the molecule is CCOc1ccc(Cl)c(/C(O)=C2\C(=O)C(=O)N(c3cc(C)ccc3C)C2c2ccc(C)o2)c1. The number of aryl methyl sites for hydroxylation is 3. The molecule has 1 atom stereocenters. The molecule has 1 aliphatic rings. The quantitative estimate of drug-likeness (QED) is 0.289. The minimum atomic E-state index is -0.953. The van der Waals surface area contributed by atoms with E-state index >= 15 is 0 Å². The molecule has 0 radical (unpaired) electrons. The zero-order chi connectivity index (χ0) is 23.9. The van der Waals surface area contributed by atoms with E-state index in [2.05, 4.69) is 0 Å². The molecule has 1 unspecified atom stereocenters. The van der Waals surface area contributed by atoms with Gasteiger partial charge in [0.2, 0.25) is 0 Å². The first-order valence-electron chi connectivity index (χ1n) is 10.6. The number of carbonyl (C=O) groups excluding carboxylic acids is 2. The minimum absolute atomic E-state index is 0.0918. The van der Waals surface area contributed by atoms with Crippen molar-refractivity contribution in [2.45, 2.75) is 33.7 Å². The molecule has 1 amide bonds. The van der Waals surface area contributed by atoms with Crippen LogP contribution in [-0.4, -0.2) is 23.4 Å². The Bertz CT molecular complexity index is 1290. The van der Waals surface area contributed by atoms with E-state index in [9.17, 15) is 14.7 Å². The van der Waals surface area contributed by atoms with Gasteiger partial charge in [-0.1, -0.05) is 23.7 Å². The third-order valence-corrected chi connectivity index (χ3v) is 5.93. The Balaban J connectivity index is 1.97. The lowest BCUT2D eigenvalue weighted by Crippen LogP contribution is -2.30. The van der Waals surface area contributed by atoms with Crippen LogP contribution in [0, 0.1) is 20.8 Å². The molecule has 4 rings (SSSR count). The van der Waals surface area contributed by atoms with Crippen molar-refractivity contribution in [3.05, 3.63) is 87.3 Å². The van der Waals surface area contributed by atoms with Crippen LogP contribution >= 0.6 is 11.6 Å². The lowest BCUT2D eigenvalue weighted by atomic mass is 9.98. The molecule has 1 saturated heterocycles. The third kappa shape index (κ3) is 4.02. The topological polar surface area (TPSA) is 80.0 Å². The van der Waals surface area contributed by atoms with Crippen LogP contribution in [0.5, 0.6) is 5.75 Å². The number of halogens is 1. The molecule has 1 aliphatic heterocycles. The molecule has 1 N–H and O–H groups in total. The van der Waals surface area contributed by atoms with Gasteiger partial charge in [0.15, 0.2) is 0 Å². The molecule has 0 aliphatic carbocycles. The summed E-state index contributed by atoms with van der Waals surface area (Å²) in [6.07, 6.45) is 0. The van der Waals surface area contributed by atoms with Gasteiger partial charge in [0.25, 0.3) is 11.7 Å². The van der Waals surface area contributed by atoms with Gasteiger partial charge in [0.1, 0.15) is 29.1 Å². The van der Waals surface area contributed by atoms with E-state index in [-0.39, 0.29) is 21.9 Å². The molecule has 2 heterocycles. The maximum Gasteiger partial charge on any atom is 0.300 e. The van der Waals surface area contributed by atoms with Crippen molar-refractivity contribution in [3.8, 4) is 5.75 Å². The summed E-state index contributed by atoms with van der Waals surface area (Å²) in [5, 5.41) is 11.5. The number of benzene rings is 2. The number of Topliss-reactive ketones (excluding diaryl/α,β-unsaturated/α-hetero) is 1. The fraction of sp³-hybridized carbons (Fsp3) is 0.231. The zero-order valence-electron chi connectivity index (χ0n) is 18.8. The Morgan fingerprint density at radius 2 is 1.85 bits per heavy atom. The predicted octanol–water partition coefficient (Wildman–Crippen LogP) is 5.88. The molecule has 3 aromatic rings. The highest BCUT2D eigenvalue weighted by molar-refractivity contribution is 6.52. The highest BCUT2D eigenvalue weighted by atomic mass is 35.5. The normalized spacial score (nSPS) is 17.6. The van der Waals surface area contributed by atoms with Gasteiger partial charge in [0.05, 0.1) is 17.2 Å². The van der Waals surface area contributed by atoms with Crippen LogP contribution in [0.2, 0.25) is 5.02 Å². The Hall–Kier alpha value is -3.51. The van der Waals surface area contributed by atoms with Gasteiger partial charge >= 0.3 is 0 Å². The smallest absolute Gasteiger partial charge is 0.300 e. The number of rotatable bonds is 5. The van der Waals surface area contributed by atoms with Crippen LogP contribution in [0.25, 0.3) is 5.76 Å². The number of ether oxygens (including phenoxy) is 1. The van der Waals surface area contributed by atoms with Crippen LogP contribution in [-0.2, 0) is 9.59 Å². The summed E-state index contributed by atoms with van der Waals surface area (Å²) in [6, 6.07) is 13.0. The Morgan fingerprint density at radius 1 is 1.09 bits per heavy atom. The van der Waals surface area contributed by atoms with Crippen LogP contribution in [0.1, 0.15) is 41.2 Å². The van der Waals surface area contributed by atoms with Gasteiger partial charge in [-0.15, -0.1) is 0 Å². The lowest BCUT2D eigenvalue weighted by Gasteiger charge is -2.25. The van der Waals surface area contributed by atoms with E-state index in [1.54, 1.807) is 37.3 Å². The van der Waals surface area contributed by atoms with Crippen LogP contribution in [0.15, 0.2) is 58.5 Å². The first kappa shape index (κ1) is 22.7. The van der Waals surface area contributed by atoms with E-state index in [4.69, 9.17) is 20.8 Å². The van der Waals surface area contributed by atoms with Crippen molar-refractivity contribution < 1.29 is 23.8 Å². The van der Waals surface area contributed by atoms with E-state index in [0.717, 1.165) is 11.1 Å². The maximum atomic E-state index is 13.3. The average molecular weight is 466 g/mol. The number of carbonyl (C=O) groups is 2. The summed E-state index contributed by atoms with van der Waals surface area (Å²) in [6.45, 7) is 7.80. The molecule has 1 aromatic heterocycles. The summed E-state index contributed by atoms with van der Waals surface area (Å²) in [5.74, 6) is -0.477. The number of anilines is 1. The summed E-state index contributed by atoms with van der Waals surface area (Å²) >= 11 is 6.37. The Labute approximate surface area is 197 Å². The highest BCUT2D eigenvalue weighted by Crippen LogP contribution is 2.44. The van der Waals surface area contributed by atoms with Gasteiger partial charge in [-0.25, -0.2) is 0 Å². The fourth-order valence-electron chi connectivity index (χ4n) is 4.02. The maximum absolute atomic E-state index is 13.3. The highest BCUT2D eigenvalue weighted by Gasteiger charge is 2.49. The zero-order valence-corrected chi connectivity index (χ0v) is 19.6. The van der Waals surface area contributed by atoms with Crippen molar-refractivity contribution in [2.24, 2.45) is 0 Å². The number of hydrogen-bond acceptors (Lipinski definition) is 5. The van der Waals surface area contributed by atoms with Crippen molar-refractivity contribution in [1.82, 2.24) is 0 Å². The van der Waals surface area contributed by atoms with Gasteiger partial charge < -0.3 is 14.3 Å². The molecule has 0 saturated carbocycles. The molecule has 0 bridgehead atoms. The number of ketones is 1. The lowest BCUT2D eigenvalue weighted by molar-refractivity contribution is -0.132. The molecular formula is C26H24ClNO5. The van der Waals surface area contributed by atoms with Crippen LogP contribution in [0.4, 0.5) is 5.69 Å². The summed E-state index contributed by atoms with van der Waals surface area (Å²) in [4.78, 5) is 28.0. The van der Waals surface area contributed by atoms with Crippen molar-refractivity contribution >= 4 is 34.7 Å². The van der Waals surface area contributed by atoms with Gasteiger partial charge in [-0.3, -0.25) is 14.5 Å². The van der Waals surface area contributed by atoms with E-state index < -0.39 is 17.7 Å². The van der Waals surface area contributed by atoms with Crippen molar-refractivity contribution in [2.75, 3.05) is 11.5 Å². The molecule has 2 aromatic carbocycles. The summed E-state index contributed by atoms with van der Waals surface area (Å²) in [5.41, 5.74) is 2.43. The largest absolute Gasteiger partial charge is 0.507 e. The fourth-order valence-corrected chi connectivity index (χ4v) is 4.22. The second kappa shape index (κ2) is 8.79. The first-order valence-corrected chi connectivity index (χ1v) is 11.0. The molecule has 6 nitrogen and oxygen atoms in total. The third-order valence-electron chi connectivity index (χ3n) is 5.60. The number of aliphatic hydroxyl groups is 1.